The van der Waals surface area contributed by atoms with Gasteiger partial charge in [0.2, 0.25) is 0 Å². The van der Waals surface area contributed by atoms with E-state index in [0.717, 1.165) is 0 Å². The number of hydrogen-bond donors (Lipinski definition) is 0. The molecule has 0 nitrogen and oxygen atoms in total. The first-order chi connectivity index (χ1) is 6.79. The Balaban J connectivity index is -0.000000196. The van der Waals surface area contributed by atoms with Gasteiger partial charge in [-0.05, 0) is 0 Å². The van der Waals surface area contributed by atoms with Gasteiger partial charge in [0.1, 0.15) is 0 Å². The van der Waals surface area contributed by atoms with E-state index in [4.69, 9.17) is 0 Å². The minimum atomic E-state index is 0. The predicted octanol–water partition coefficient (Wildman–Crippen LogP) is 4.49. The fraction of sp³-hybridized carbons (Fsp3) is 0.125. The molecule has 0 aliphatic carbocycles. The summed E-state index contributed by atoms with van der Waals surface area (Å²) in [6.45, 7) is 4.13. The summed E-state index contributed by atoms with van der Waals surface area (Å²) < 4.78 is 0. The summed E-state index contributed by atoms with van der Waals surface area (Å²) in [5.74, 6) is 0. The Hall–Kier alpha value is -0.846. The first-order valence-corrected chi connectivity index (χ1v) is 4.64. The molecule has 2 aromatic rings. The summed E-state index contributed by atoms with van der Waals surface area (Å²) >= 11 is 0. The summed E-state index contributed by atoms with van der Waals surface area (Å²) in [6, 6.07) is 21.6. The second-order valence-electron chi connectivity index (χ2n) is 3.15. The van der Waals surface area contributed by atoms with Gasteiger partial charge in [0.05, 0.1) is 0 Å². The minimum absolute atomic E-state index is 0. The smallest absolute Gasteiger partial charge is 0.358 e. The van der Waals surface area contributed by atoms with Crippen molar-refractivity contribution in [3.8, 4) is 0 Å². The number of benzene rings is 2. The molecular formula is C16H20Ti. The van der Waals surface area contributed by atoms with E-state index in [1.165, 1.54) is 11.1 Å². The van der Waals surface area contributed by atoms with Gasteiger partial charge >= 0.3 is 21.7 Å². The zero-order valence-corrected chi connectivity index (χ0v) is 12.7. The van der Waals surface area contributed by atoms with Crippen molar-refractivity contribution in [1.29, 1.82) is 0 Å². The molecule has 0 aliphatic heterocycles. The Morgan fingerprint density at radius 2 is 0.882 bits per heavy atom. The Labute approximate surface area is 122 Å². The van der Waals surface area contributed by atoms with Gasteiger partial charge in [-0.15, -0.1) is 0 Å². The zero-order chi connectivity index (χ0) is 10.2. The van der Waals surface area contributed by atoms with E-state index in [1.807, 2.05) is 48.5 Å². The first kappa shape index (κ1) is 21.4. The molecule has 0 saturated carbocycles. The normalized spacial score (nSPS) is 7.18. The minimum Gasteiger partial charge on any atom is -0.358 e. The SMILES string of the molecule is Cc1cc[c-]cc1.Cc1cc[c-]cc1.[CH3-].[CH3-].[Ti+4]. The molecule has 0 heterocycles. The van der Waals surface area contributed by atoms with Crippen LogP contribution in [0.25, 0.3) is 0 Å². The molecular weight excluding hydrogens is 240 g/mol. The molecule has 0 aromatic heterocycles. The molecule has 0 amide bonds. The van der Waals surface area contributed by atoms with E-state index >= 15 is 0 Å². The van der Waals surface area contributed by atoms with Gasteiger partial charge in [0.15, 0.2) is 0 Å². The van der Waals surface area contributed by atoms with Crippen LogP contribution in [0, 0.1) is 40.8 Å². The Kier molecular flexibility index (Phi) is 16.7. The van der Waals surface area contributed by atoms with Crippen LogP contribution in [0.2, 0.25) is 0 Å². The number of hydrogen-bond acceptors (Lipinski definition) is 0. The van der Waals surface area contributed by atoms with Gasteiger partial charge in [0, 0.05) is 0 Å². The van der Waals surface area contributed by atoms with Crippen LogP contribution >= 0.6 is 0 Å². The van der Waals surface area contributed by atoms with Crippen molar-refractivity contribution < 1.29 is 21.7 Å². The van der Waals surface area contributed by atoms with Crippen LogP contribution in [0.3, 0.4) is 0 Å². The van der Waals surface area contributed by atoms with Gasteiger partial charge < -0.3 is 14.9 Å². The van der Waals surface area contributed by atoms with Crippen LogP contribution in [0.4, 0.5) is 0 Å². The van der Waals surface area contributed by atoms with Crippen LogP contribution in [0.5, 0.6) is 0 Å². The second-order valence-corrected chi connectivity index (χ2v) is 3.15. The maximum atomic E-state index is 2.93. The predicted molar refractivity (Wildman–Crippen MR) is 72.9 cm³/mol. The molecule has 1 heteroatoms. The Morgan fingerprint density at radius 3 is 1.00 bits per heavy atom. The average Bonchev–Trinajstić information content (AvgIpc) is 2.21. The second kappa shape index (κ2) is 13.2. The molecule has 2 rings (SSSR count). The van der Waals surface area contributed by atoms with Gasteiger partial charge in [-0.3, -0.25) is 0 Å². The third-order valence-corrected chi connectivity index (χ3v) is 1.77. The van der Waals surface area contributed by atoms with Crippen molar-refractivity contribution in [2.24, 2.45) is 0 Å². The van der Waals surface area contributed by atoms with Crippen LogP contribution in [-0.2, 0) is 21.7 Å². The standard InChI is InChI=1S/2C7H7.2CH3.Ti/c2*1-7-5-3-2-4-6-7;;;/h2*3-6H,1H3;2*1H3;/q4*-1;+4. The van der Waals surface area contributed by atoms with E-state index < -0.39 is 0 Å². The van der Waals surface area contributed by atoms with Crippen molar-refractivity contribution in [3.63, 3.8) is 0 Å². The third kappa shape index (κ3) is 11.4. The van der Waals surface area contributed by atoms with Gasteiger partial charge in [-0.25, -0.2) is 0 Å². The summed E-state index contributed by atoms with van der Waals surface area (Å²) in [5.41, 5.74) is 2.58. The molecule has 17 heavy (non-hydrogen) atoms. The van der Waals surface area contributed by atoms with Crippen LogP contribution in [0.1, 0.15) is 11.1 Å². The van der Waals surface area contributed by atoms with E-state index in [-0.39, 0.29) is 36.6 Å². The molecule has 0 saturated heterocycles. The molecule has 0 aliphatic rings. The largest absolute Gasteiger partial charge is 4.00 e. The van der Waals surface area contributed by atoms with Crippen LogP contribution in [0.15, 0.2) is 48.5 Å². The molecule has 0 unspecified atom stereocenters. The fourth-order valence-electron chi connectivity index (χ4n) is 0.940. The van der Waals surface area contributed by atoms with E-state index in [1.54, 1.807) is 0 Å². The molecule has 0 radical (unpaired) electrons. The van der Waals surface area contributed by atoms with E-state index in [0.29, 0.717) is 0 Å². The van der Waals surface area contributed by atoms with Crippen LogP contribution in [-0.4, -0.2) is 0 Å². The maximum Gasteiger partial charge on any atom is 4.00 e. The summed E-state index contributed by atoms with van der Waals surface area (Å²) in [7, 11) is 0. The summed E-state index contributed by atoms with van der Waals surface area (Å²) in [6.07, 6.45) is 0. The van der Waals surface area contributed by atoms with Crippen molar-refractivity contribution >= 4 is 0 Å². The summed E-state index contributed by atoms with van der Waals surface area (Å²) in [5, 5.41) is 0. The van der Waals surface area contributed by atoms with E-state index in [2.05, 4.69) is 26.0 Å². The quantitative estimate of drug-likeness (QED) is 0.483. The molecule has 0 bridgehead atoms. The maximum absolute atomic E-state index is 2.93. The molecule has 2 aromatic carbocycles. The molecule has 0 fully saturated rings. The number of rotatable bonds is 0. The average molecular weight is 260 g/mol. The first-order valence-electron chi connectivity index (χ1n) is 4.64. The molecule has 0 spiro atoms. The summed E-state index contributed by atoms with van der Waals surface area (Å²) in [4.78, 5) is 0. The van der Waals surface area contributed by atoms with E-state index in [9.17, 15) is 0 Å². The zero-order valence-electron chi connectivity index (χ0n) is 11.1. The van der Waals surface area contributed by atoms with Crippen molar-refractivity contribution in [1.82, 2.24) is 0 Å². The topological polar surface area (TPSA) is 0 Å². The van der Waals surface area contributed by atoms with Gasteiger partial charge in [-0.1, -0.05) is 13.8 Å². The molecule has 0 atom stereocenters. The van der Waals surface area contributed by atoms with Gasteiger partial charge in [0.25, 0.3) is 0 Å². The van der Waals surface area contributed by atoms with Crippen molar-refractivity contribution in [2.75, 3.05) is 0 Å². The van der Waals surface area contributed by atoms with Crippen molar-refractivity contribution in [2.45, 2.75) is 13.8 Å². The third-order valence-electron chi connectivity index (χ3n) is 1.77. The monoisotopic (exact) mass is 260 g/mol. The van der Waals surface area contributed by atoms with Crippen LogP contribution < -0.4 is 0 Å². The molecule has 88 valence electrons. The number of aryl methyl sites for hydroxylation is 2. The Morgan fingerprint density at radius 1 is 0.647 bits per heavy atom. The van der Waals surface area contributed by atoms with Crippen molar-refractivity contribution in [3.05, 3.63) is 86.6 Å². The van der Waals surface area contributed by atoms with Gasteiger partial charge in [-0.2, -0.15) is 71.8 Å². The Bertz CT molecular complexity index is 303. The fourth-order valence-corrected chi connectivity index (χ4v) is 0.940. The molecule has 0 N–H and O–H groups in total.